The van der Waals surface area contributed by atoms with Crippen molar-refractivity contribution in [3.63, 3.8) is 0 Å². The number of benzene rings is 5. The third kappa shape index (κ3) is 9.17. The lowest BCUT2D eigenvalue weighted by atomic mass is 10.1. The number of phenolic OH excluding ortho intramolecular Hbond substituents is 1. The quantitative estimate of drug-likeness (QED) is 0.0484. The molecule has 61 heavy (non-hydrogen) atoms. The average Bonchev–Trinajstić information content (AvgIpc) is 3.49. The number of nitrogens with zero attached hydrogens (tertiary/aromatic N) is 8. The Balaban J connectivity index is 1.35. The number of carboxylic acids is 1. The molecule has 0 unspecified atom stereocenters. The van der Waals surface area contributed by atoms with E-state index in [0.717, 1.165) is 35.0 Å². The molecule has 0 spiro atoms. The Hall–Kier alpha value is -7.23. The van der Waals surface area contributed by atoms with Gasteiger partial charge in [-0.05, 0) is 79.0 Å². The van der Waals surface area contributed by atoms with Gasteiger partial charge in [0.15, 0.2) is 11.4 Å². The first-order valence-corrected chi connectivity index (χ1v) is 20.9. The topological polar surface area (TPSA) is 351 Å². The van der Waals surface area contributed by atoms with E-state index >= 15 is 0 Å². The van der Waals surface area contributed by atoms with Crippen LogP contribution in [0.15, 0.2) is 124 Å². The van der Waals surface area contributed by atoms with Crippen molar-refractivity contribution in [1.29, 1.82) is 0 Å². The number of methoxy groups -OCH3 is 2. The number of aryl methyl sites for hydroxylation is 1. The van der Waals surface area contributed by atoms with Crippen molar-refractivity contribution in [3.05, 3.63) is 90.1 Å². The number of hydrogen-bond acceptors (Lipinski definition) is 18. The van der Waals surface area contributed by atoms with Crippen molar-refractivity contribution in [2.45, 2.75) is 21.6 Å². The number of fused-ring (bicyclic) bond motifs is 1. The molecule has 0 saturated heterocycles. The summed E-state index contributed by atoms with van der Waals surface area (Å²) < 4.78 is 111. The number of carbonyl (C=O) groups is 1. The lowest BCUT2D eigenvalue weighted by Gasteiger charge is -2.12. The van der Waals surface area contributed by atoms with Gasteiger partial charge in [0.2, 0.25) is 5.88 Å². The fourth-order valence-electron chi connectivity index (χ4n) is 5.53. The summed E-state index contributed by atoms with van der Waals surface area (Å²) in [5, 5.41) is 59.9. The summed E-state index contributed by atoms with van der Waals surface area (Å²) >= 11 is 0. The number of ether oxygens (including phenoxy) is 2. The highest BCUT2D eigenvalue weighted by Crippen LogP contribution is 2.45. The zero-order chi connectivity index (χ0) is 44.6. The third-order valence-corrected chi connectivity index (χ3v) is 11.0. The van der Waals surface area contributed by atoms with E-state index in [1.165, 1.54) is 63.6 Å². The van der Waals surface area contributed by atoms with Gasteiger partial charge in [-0.3, -0.25) is 13.7 Å². The summed E-state index contributed by atoms with van der Waals surface area (Å²) in [4.78, 5) is 9.85. The fraction of sp³-hybridized carbons (Fsp3) is 0.0857. The van der Waals surface area contributed by atoms with E-state index in [9.17, 15) is 59.0 Å². The highest BCUT2D eigenvalue weighted by molar-refractivity contribution is 7.86. The fourth-order valence-corrected chi connectivity index (χ4v) is 7.17. The van der Waals surface area contributed by atoms with Crippen LogP contribution in [0.25, 0.3) is 16.5 Å². The molecule has 316 valence electrons. The minimum Gasteiger partial charge on any atom is -0.505 e. The van der Waals surface area contributed by atoms with Crippen molar-refractivity contribution in [2.24, 2.45) is 30.7 Å². The van der Waals surface area contributed by atoms with E-state index in [4.69, 9.17) is 9.47 Å². The largest absolute Gasteiger partial charge is 0.505 e. The van der Waals surface area contributed by atoms with Crippen LogP contribution in [0.3, 0.4) is 0 Å². The number of carboxylic acid groups (broad SMARTS) is 1. The van der Waals surface area contributed by atoms with Crippen molar-refractivity contribution in [1.82, 2.24) is 9.78 Å². The van der Waals surface area contributed by atoms with Gasteiger partial charge >= 0.3 is 5.97 Å². The second kappa shape index (κ2) is 16.4. The summed E-state index contributed by atoms with van der Waals surface area (Å²) in [6, 6.07) is 14.9. The summed E-state index contributed by atoms with van der Waals surface area (Å²) in [7, 11) is -11.8. The molecular weight excluding hydrogens is 869 g/mol. The molecule has 0 atom stereocenters. The molecule has 0 fully saturated rings. The van der Waals surface area contributed by atoms with Crippen molar-refractivity contribution in [3.8, 4) is 28.8 Å². The summed E-state index contributed by atoms with van der Waals surface area (Å²) in [6.45, 7) is 1.50. The Morgan fingerprint density at radius 1 is 0.639 bits per heavy atom. The molecule has 1 heterocycles. The monoisotopic (exact) mass is 896 g/mol. The van der Waals surface area contributed by atoms with E-state index in [1.807, 2.05) is 0 Å². The molecule has 6 rings (SSSR count). The predicted molar refractivity (Wildman–Crippen MR) is 210 cm³/mol. The Morgan fingerprint density at radius 2 is 1.20 bits per heavy atom. The Labute approximate surface area is 343 Å². The van der Waals surface area contributed by atoms with Crippen LogP contribution in [0.2, 0.25) is 0 Å². The first-order chi connectivity index (χ1) is 28.6. The smallest absolute Gasteiger partial charge is 0.338 e. The predicted octanol–water partition coefficient (Wildman–Crippen LogP) is 7.45. The van der Waals surface area contributed by atoms with Crippen LogP contribution in [0.4, 0.5) is 34.1 Å². The molecular formula is C35H28N8O15S3. The van der Waals surface area contributed by atoms with Crippen LogP contribution in [0, 0.1) is 6.92 Å². The van der Waals surface area contributed by atoms with Crippen LogP contribution in [-0.2, 0) is 30.4 Å². The first-order valence-electron chi connectivity index (χ1n) is 16.6. The second-order valence-electron chi connectivity index (χ2n) is 12.3. The van der Waals surface area contributed by atoms with Crippen LogP contribution in [0.1, 0.15) is 16.1 Å². The maximum Gasteiger partial charge on any atom is 0.338 e. The molecule has 0 aliphatic carbocycles. The normalized spacial score (nSPS) is 12.6. The minimum atomic E-state index is -5.11. The Bertz CT molecular complexity index is 3210. The number of aromatic carboxylic acids is 1. The number of azo groups is 3. The van der Waals surface area contributed by atoms with E-state index < -0.39 is 69.0 Å². The van der Waals surface area contributed by atoms with Crippen LogP contribution in [-0.4, -0.2) is 84.2 Å². The maximum atomic E-state index is 12.6. The molecule has 5 aromatic carbocycles. The molecule has 23 nitrogen and oxygen atoms in total. The van der Waals surface area contributed by atoms with Crippen molar-refractivity contribution in [2.75, 3.05) is 14.2 Å². The molecule has 0 radical (unpaired) electrons. The number of aromatic nitrogens is 2. The van der Waals surface area contributed by atoms with Crippen LogP contribution in [0.5, 0.6) is 23.1 Å². The molecule has 0 saturated carbocycles. The van der Waals surface area contributed by atoms with E-state index in [2.05, 4.69) is 35.8 Å². The average molecular weight is 897 g/mol. The van der Waals surface area contributed by atoms with Crippen molar-refractivity contribution < 1.29 is 68.5 Å². The molecule has 0 bridgehead atoms. The zero-order valence-electron chi connectivity index (χ0n) is 31.2. The molecule has 0 aliphatic rings. The van der Waals surface area contributed by atoms with Gasteiger partial charge in [0, 0.05) is 17.5 Å². The summed E-state index contributed by atoms with van der Waals surface area (Å²) in [5.41, 5.74) is -1.34. The molecule has 26 heteroatoms. The Morgan fingerprint density at radius 3 is 1.75 bits per heavy atom. The van der Waals surface area contributed by atoms with Gasteiger partial charge in [-0.1, -0.05) is 0 Å². The highest BCUT2D eigenvalue weighted by Gasteiger charge is 2.24. The molecule has 6 aromatic rings. The third-order valence-electron chi connectivity index (χ3n) is 8.46. The SMILES string of the molecule is COc1cc(/N=N/c2c(S(=O)(=O)O)cc3cc(-n4nc(C)c(/N=N/c5ccc(S(=O)(=O)O)cc5)c4O)ccc3c2O)c(OC)cc1/N=N/c1ccc(S(=O)(=O)O)cc1C(=O)O. The van der Waals surface area contributed by atoms with Gasteiger partial charge in [-0.25, -0.2) is 4.79 Å². The van der Waals surface area contributed by atoms with Gasteiger partial charge in [-0.15, -0.1) is 25.6 Å². The van der Waals surface area contributed by atoms with Gasteiger partial charge in [0.1, 0.15) is 39.1 Å². The highest BCUT2D eigenvalue weighted by atomic mass is 32.2. The molecule has 0 amide bonds. The van der Waals surface area contributed by atoms with Crippen LogP contribution < -0.4 is 9.47 Å². The van der Waals surface area contributed by atoms with Gasteiger partial charge in [0.25, 0.3) is 30.4 Å². The molecule has 6 N–H and O–H groups in total. The lowest BCUT2D eigenvalue weighted by Crippen LogP contribution is -2.02. The number of hydrogen-bond donors (Lipinski definition) is 6. The van der Waals surface area contributed by atoms with Gasteiger partial charge in [-0.2, -0.15) is 40.1 Å². The van der Waals surface area contributed by atoms with Gasteiger partial charge in [0.05, 0.1) is 46.6 Å². The minimum absolute atomic E-state index is 0.0207. The number of aromatic hydroxyl groups is 2. The van der Waals surface area contributed by atoms with Crippen LogP contribution >= 0.6 is 0 Å². The van der Waals surface area contributed by atoms with E-state index in [0.29, 0.717) is 6.07 Å². The van der Waals surface area contributed by atoms with Gasteiger partial charge < -0.3 is 24.8 Å². The van der Waals surface area contributed by atoms with E-state index in [-0.39, 0.29) is 67.0 Å². The molecule has 1 aromatic heterocycles. The van der Waals surface area contributed by atoms with Crippen molar-refractivity contribution >= 4 is 81.2 Å². The number of rotatable bonds is 13. The molecule has 0 aliphatic heterocycles. The maximum absolute atomic E-state index is 12.6. The summed E-state index contributed by atoms with van der Waals surface area (Å²) in [6.07, 6.45) is 0. The van der Waals surface area contributed by atoms with E-state index in [1.54, 1.807) is 0 Å². The standard InChI is InChI=1S/C35H28N8O15S3/c1-17-31(40-36-19-4-7-21(8-5-19)59(48,49)50)34(45)43(42-17)20-6-10-23-18(12-20)13-30(61(54,55)56)32(33(23)44)41-39-27-16-28(57-2)26(15-29(27)58-3)38-37-25-11-9-22(60(51,52)53)14-24(25)35(46)47/h4-16,44-45H,1-3H3,(H,46,47)(H,48,49,50)(H,51,52,53)(H,54,55,56)/b38-37+,40-36+,41-39+. The lowest BCUT2D eigenvalue weighted by molar-refractivity contribution is 0.0697. The zero-order valence-corrected chi connectivity index (χ0v) is 33.6. The number of phenols is 1. The Kier molecular flexibility index (Phi) is 11.7. The second-order valence-corrected chi connectivity index (χ2v) is 16.6. The summed E-state index contributed by atoms with van der Waals surface area (Å²) in [5.74, 6) is -2.93. The first kappa shape index (κ1) is 43.4.